The maximum absolute atomic E-state index is 12.7. The number of aryl methyl sites for hydroxylation is 2. The highest BCUT2D eigenvalue weighted by Gasteiger charge is 2.32. The number of hydrogen-bond acceptors (Lipinski definition) is 5. The van der Waals surface area contributed by atoms with Crippen LogP contribution in [0.3, 0.4) is 0 Å². The highest BCUT2D eigenvalue weighted by molar-refractivity contribution is 5.95. The molecule has 2 atom stereocenters. The Kier molecular flexibility index (Phi) is 6.55. The van der Waals surface area contributed by atoms with Crippen LogP contribution in [0.15, 0.2) is 10.9 Å². The number of hydrogen-bond donors (Lipinski definition) is 2. The van der Waals surface area contributed by atoms with Gasteiger partial charge in [0.1, 0.15) is 12.2 Å². The lowest BCUT2D eigenvalue weighted by molar-refractivity contribution is -0.138. The van der Waals surface area contributed by atoms with Gasteiger partial charge in [0.25, 0.3) is 11.5 Å². The molecule has 8 nitrogen and oxygen atoms in total. The van der Waals surface area contributed by atoms with E-state index in [1.807, 2.05) is 19.9 Å². The number of aliphatic hydroxyl groups is 1. The molecule has 1 aromatic heterocycles. The van der Waals surface area contributed by atoms with Gasteiger partial charge in [-0.05, 0) is 38.8 Å². The van der Waals surface area contributed by atoms with Crippen LogP contribution in [-0.4, -0.2) is 65.3 Å². The average molecular weight is 365 g/mol. The maximum Gasteiger partial charge on any atom is 0.263 e. The number of amides is 2. The monoisotopic (exact) mass is 365 g/mol. The summed E-state index contributed by atoms with van der Waals surface area (Å²) in [7, 11) is 1.44. The molecule has 0 saturated carbocycles. The Bertz CT molecular complexity index is 743. The fourth-order valence-electron chi connectivity index (χ4n) is 3.38. The van der Waals surface area contributed by atoms with Gasteiger partial charge in [0.15, 0.2) is 0 Å². The summed E-state index contributed by atoms with van der Waals surface area (Å²) in [5.41, 5.74) is 1.18. The Morgan fingerprint density at radius 1 is 1.38 bits per heavy atom. The van der Waals surface area contributed by atoms with Gasteiger partial charge in [-0.2, -0.15) is 0 Å². The third kappa shape index (κ3) is 4.13. The molecule has 26 heavy (non-hydrogen) atoms. The molecule has 2 rings (SSSR count). The molecule has 1 aromatic rings. The summed E-state index contributed by atoms with van der Waals surface area (Å²) in [5, 5.41) is 13.1. The van der Waals surface area contributed by atoms with Crippen LogP contribution in [0.5, 0.6) is 0 Å². The number of piperidine rings is 1. The summed E-state index contributed by atoms with van der Waals surface area (Å²) in [6, 6.07) is 1.30. The number of rotatable bonds is 5. The predicted molar refractivity (Wildman–Crippen MR) is 96.2 cm³/mol. The molecular formula is C18H27N3O5. The molecule has 0 spiro atoms. The van der Waals surface area contributed by atoms with Crippen molar-refractivity contribution in [2.24, 2.45) is 0 Å². The Morgan fingerprint density at radius 2 is 2.08 bits per heavy atom. The number of β-amino-alcohol motifs (C(OH)–C–C–N with tert-alkyl or cyclic N) is 1. The molecule has 0 aromatic carbocycles. The minimum absolute atomic E-state index is 0.0388. The van der Waals surface area contributed by atoms with E-state index in [1.165, 1.54) is 12.0 Å². The molecule has 1 aliphatic heterocycles. The highest BCUT2D eigenvalue weighted by atomic mass is 16.5. The summed E-state index contributed by atoms with van der Waals surface area (Å²) in [4.78, 5) is 38.6. The van der Waals surface area contributed by atoms with Crippen molar-refractivity contribution >= 4 is 11.8 Å². The zero-order valence-electron chi connectivity index (χ0n) is 15.7. The average Bonchev–Trinajstić information content (AvgIpc) is 2.56. The van der Waals surface area contributed by atoms with Gasteiger partial charge in [-0.25, -0.2) is 0 Å². The van der Waals surface area contributed by atoms with Gasteiger partial charge in [-0.1, -0.05) is 0 Å². The number of carbonyl (C=O) groups excluding carboxylic acids is 2. The molecule has 1 saturated heterocycles. The van der Waals surface area contributed by atoms with Crippen LogP contribution in [0.1, 0.15) is 35.0 Å². The minimum atomic E-state index is -0.896. The first-order valence-corrected chi connectivity index (χ1v) is 8.76. The van der Waals surface area contributed by atoms with Crippen molar-refractivity contribution in [3.63, 3.8) is 0 Å². The predicted octanol–water partition coefficient (Wildman–Crippen LogP) is -0.177. The van der Waals surface area contributed by atoms with Gasteiger partial charge in [0.05, 0.1) is 12.1 Å². The number of ether oxygens (including phenoxy) is 1. The molecule has 2 N–H and O–H groups in total. The van der Waals surface area contributed by atoms with Crippen molar-refractivity contribution in [1.82, 2.24) is 14.8 Å². The molecule has 0 bridgehead atoms. The van der Waals surface area contributed by atoms with E-state index in [0.29, 0.717) is 25.1 Å². The molecule has 8 heteroatoms. The van der Waals surface area contributed by atoms with Crippen molar-refractivity contribution in [1.29, 1.82) is 0 Å². The SMILES string of the molecule is CCn1c(C)cc(C)c(C(=O)N[C@@H]2CCN(C(=O)COC)C[C@H]2O)c1=O. The van der Waals surface area contributed by atoms with E-state index in [-0.39, 0.29) is 30.2 Å². The molecule has 1 fully saturated rings. The summed E-state index contributed by atoms with van der Waals surface area (Å²) < 4.78 is 6.37. The molecule has 0 aliphatic carbocycles. The van der Waals surface area contributed by atoms with Crippen molar-refractivity contribution in [2.45, 2.75) is 45.9 Å². The molecule has 0 radical (unpaired) electrons. The maximum atomic E-state index is 12.7. The van der Waals surface area contributed by atoms with Crippen LogP contribution < -0.4 is 10.9 Å². The molecule has 2 heterocycles. The number of methoxy groups -OCH3 is 1. The lowest BCUT2D eigenvalue weighted by Crippen LogP contribution is -2.56. The van der Waals surface area contributed by atoms with Crippen molar-refractivity contribution < 1.29 is 19.4 Å². The van der Waals surface area contributed by atoms with Crippen LogP contribution in [0.25, 0.3) is 0 Å². The normalized spacial score (nSPS) is 20.1. The summed E-state index contributed by atoms with van der Waals surface area (Å²) in [6.07, 6.45) is -0.484. The second kappa shape index (κ2) is 8.46. The van der Waals surface area contributed by atoms with Crippen LogP contribution in [0.2, 0.25) is 0 Å². The molecular weight excluding hydrogens is 338 g/mol. The first-order chi connectivity index (χ1) is 12.3. The summed E-state index contributed by atoms with van der Waals surface area (Å²) in [5.74, 6) is -0.688. The van der Waals surface area contributed by atoms with Crippen LogP contribution in [0.4, 0.5) is 0 Å². The van der Waals surface area contributed by atoms with Crippen LogP contribution in [-0.2, 0) is 16.1 Å². The van der Waals surface area contributed by atoms with Gasteiger partial charge in [0.2, 0.25) is 5.91 Å². The van der Waals surface area contributed by atoms with Gasteiger partial charge in [0, 0.05) is 32.4 Å². The Hall–Kier alpha value is -2.19. The van der Waals surface area contributed by atoms with Gasteiger partial charge >= 0.3 is 0 Å². The fraction of sp³-hybridized carbons (Fsp3) is 0.611. The topological polar surface area (TPSA) is 101 Å². The fourth-order valence-corrected chi connectivity index (χ4v) is 3.38. The molecule has 144 valence electrons. The third-order valence-corrected chi connectivity index (χ3v) is 4.77. The first kappa shape index (κ1) is 20.1. The van der Waals surface area contributed by atoms with Crippen LogP contribution >= 0.6 is 0 Å². The number of aliphatic hydroxyl groups excluding tert-OH is 1. The number of likely N-dealkylation sites (tertiary alicyclic amines) is 1. The second-order valence-corrected chi connectivity index (χ2v) is 6.60. The number of aromatic nitrogens is 1. The molecule has 0 unspecified atom stereocenters. The van der Waals surface area contributed by atoms with Crippen molar-refractivity contribution in [3.8, 4) is 0 Å². The van der Waals surface area contributed by atoms with E-state index in [2.05, 4.69) is 5.32 Å². The Balaban J connectivity index is 2.12. The Morgan fingerprint density at radius 3 is 2.65 bits per heavy atom. The summed E-state index contributed by atoms with van der Waals surface area (Å²) in [6.45, 7) is 6.38. The zero-order valence-corrected chi connectivity index (χ0v) is 15.7. The van der Waals surface area contributed by atoms with E-state index in [4.69, 9.17) is 4.74 Å². The smallest absolute Gasteiger partial charge is 0.263 e. The number of carbonyl (C=O) groups is 2. The Labute approximate surface area is 152 Å². The minimum Gasteiger partial charge on any atom is -0.389 e. The van der Waals surface area contributed by atoms with E-state index < -0.39 is 18.1 Å². The lowest BCUT2D eigenvalue weighted by atomic mass is 10.0. The quantitative estimate of drug-likeness (QED) is 0.754. The van der Waals surface area contributed by atoms with Gasteiger partial charge in [-0.3, -0.25) is 14.4 Å². The number of nitrogens with one attached hydrogen (secondary N) is 1. The standard InChI is InChI=1S/C18H27N3O5/c1-5-21-12(3)8-11(2)16(18(21)25)17(24)19-13-6-7-20(9-14(13)22)15(23)10-26-4/h8,13-14,22H,5-7,9-10H2,1-4H3,(H,19,24)/t13-,14-/m1/s1. The molecule has 1 aliphatic rings. The second-order valence-electron chi connectivity index (χ2n) is 6.60. The van der Waals surface area contributed by atoms with Gasteiger partial charge in [-0.15, -0.1) is 0 Å². The van der Waals surface area contributed by atoms with E-state index in [9.17, 15) is 19.5 Å². The lowest BCUT2D eigenvalue weighted by Gasteiger charge is -2.36. The summed E-state index contributed by atoms with van der Waals surface area (Å²) >= 11 is 0. The third-order valence-electron chi connectivity index (χ3n) is 4.77. The van der Waals surface area contributed by atoms with Gasteiger partial charge < -0.3 is 24.6 Å². The van der Waals surface area contributed by atoms with Crippen molar-refractivity contribution in [2.75, 3.05) is 26.8 Å². The number of nitrogens with zero attached hydrogens (tertiary/aromatic N) is 2. The number of pyridine rings is 1. The largest absolute Gasteiger partial charge is 0.389 e. The zero-order chi connectivity index (χ0) is 19.4. The molecule has 2 amide bonds. The highest BCUT2D eigenvalue weighted by Crippen LogP contribution is 2.13. The van der Waals surface area contributed by atoms with Crippen LogP contribution in [0, 0.1) is 13.8 Å². The van der Waals surface area contributed by atoms with E-state index >= 15 is 0 Å². The van der Waals surface area contributed by atoms with E-state index in [0.717, 1.165) is 5.69 Å². The van der Waals surface area contributed by atoms with Crippen molar-refractivity contribution in [3.05, 3.63) is 33.2 Å². The van der Waals surface area contributed by atoms with E-state index in [1.54, 1.807) is 11.5 Å². The first-order valence-electron chi connectivity index (χ1n) is 8.76.